The van der Waals surface area contributed by atoms with Crippen LogP contribution in [0.25, 0.3) is 0 Å². The lowest BCUT2D eigenvalue weighted by Crippen LogP contribution is -2.31. The molecule has 0 saturated carbocycles. The molecule has 1 unspecified atom stereocenters. The summed E-state index contributed by atoms with van der Waals surface area (Å²) in [5.41, 5.74) is 0. The van der Waals surface area contributed by atoms with E-state index in [9.17, 15) is 5.11 Å². The fourth-order valence-electron chi connectivity index (χ4n) is 1.21. The molecule has 0 fully saturated rings. The first kappa shape index (κ1) is 17.2. The summed E-state index contributed by atoms with van der Waals surface area (Å²) in [6, 6.07) is 0. The van der Waals surface area contributed by atoms with Crippen LogP contribution in [0, 0.1) is 0 Å². The second-order valence-electron chi connectivity index (χ2n) is 3.98. The van der Waals surface area contributed by atoms with Crippen LogP contribution in [-0.4, -0.2) is 60.7 Å². The Kier molecular flexibility index (Phi) is 14.4. The Morgan fingerprint density at radius 2 is 2.12 bits per heavy atom. The monoisotopic (exact) mass is 265 g/mol. The molecule has 0 aromatic heterocycles. The van der Waals surface area contributed by atoms with Crippen LogP contribution in [0.1, 0.15) is 26.2 Å². The van der Waals surface area contributed by atoms with Crippen molar-refractivity contribution < 1.29 is 14.9 Å². The summed E-state index contributed by atoms with van der Waals surface area (Å²) >= 11 is 1.82. The van der Waals surface area contributed by atoms with Crippen LogP contribution in [0.2, 0.25) is 0 Å². The Morgan fingerprint density at radius 1 is 1.29 bits per heavy atom. The summed E-state index contributed by atoms with van der Waals surface area (Å²) < 4.78 is 5.32. The molecule has 3 N–H and O–H groups in total. The number of ether oxygens (including phenoxy) is 1. The summed E-state index contributed by atoms with van der Waals surface area (Å²) in [5, 5.41) is 21.3. The van der Waals surface area contributed by atoms with Gasteiger partial charge in [0.15, 0.2) is 0 Å². The van der Waals surface area contributed by atoms with E-state index in [2.05, 4.69) is 12.2 Å². The molecule has 0 aromatic rings. The van der Waals surface area contributed by atoms with Gasteiger partial charge in [0.05, 0.1) is 12.7 Å². The first-order valence-corrected chi connectivity index (χ1v) is 7.61. The van der Waals surface area contributed by atoms with Gasteiger partial charge in [-0.15, -0.1) is 0 Å². The molecule has 1 atom stereocenters. The van der Waals surface area contributed by atoms with Crippen LogP contribution in [0.5, 0.6) is 0 Å². The topological polar surface area (TPSA) is 61.7 Å². The van der Waals surface area contributed by atoms with E-state index in [1.165, 1.54) is 0 Å². The number of aliphatic hydroxyl groups excluding tert-OH is 2. The van der Waals surface area contributed by atoms with E-state index in [4.69, 9.17) is 9.84 Å². The zero-order valence-corrected chi connectivity index (χ0v) is 11.7. The largest absolute Gasteiger partial charge is 0.396 e. The molecule has 0 aromatic carbocycles. The number of aliphatic hydroxyl groups is 2. The molecule has 0 aliphatic rings. The quantitative estimate of drug-likeness (QED) is 0.431. The Bertz CT molecular complexity index is 150. The van der Waals surface area contributed by atoms with Crippen molar-refractivity contribution in [3.8, 4) is 0 Å². The zero-order chi connectivity index (χ0) is 12.8. The second kappa shape index (κ2) is 14.3. The molecule has 17 heavy (non-hydrogen) atoms. The van der Waals surface area contributed by atoms with E-state index in [0.29, 0.717) is 13.2 Å². The van der Waals surface area contributed by atoms with Crippen LogP contribution in [0.15, 0.2) is 0 Å². The molecule has 0 spiro atoms. The molecule has 4 nitrogen and oxygen atoms in total. The number of nitrogens with one attached hydrogen (secondary N) is 1. The van der Waals surface area contributed by atoms with Gasteiger partial charge in [-0.3, -0.25) is 0 Å². The van der Waals surface area contributed by atoms with Crippen LogP contribution in [0.4, 0.5) is 0 Å². The number of rotatable bonds is 13. The first-order valence-electron chi connectivity index (χ1n) is 6.46. The average molecular weight is 265 g/mol. The van der Waals surface area contributed by atoms with E-state index >= 15 is 0 Å². The molecule has 0 saturated heterocycles. The van der Waals surface area contributed by atoms with Crippen molar-refractivity contribution in [1.29, 1.82) is 0 Å². The lowest BCUT2D eigenvalue weighted by Gasteiger charge is -2.12. The van der Waals surface area contributed by atoms with Gasteiger partial charge < -0.3 is 20.3 Å². The predicted octanol–water partition coefficient (Wildman–Crippen LogP) is 0.869. The molecule has 0 rings (SSSR count). The maximum atomic E-state index is 9.56. The standard InChI is InChI=1S/C12H27NO3S/c1-2-3-7-16-11-12(15)10-13-5-9-17-8-4-6-14/h12-15H,2-11H2,1H3. The molecular formula is C12H27NO3S. The van der Waals surface area contributed by atoms with Crippen molar-refractivity contribution in [1.82, 2.24) is 5.32 Å². The summed E-state index contributed by atoms with van der Waals surface area (Å²) in [4.78, 5) is 0. The summed E-state index contributed by atoms with van der Waals surface area (Å²) in [6.07, 6.45) is 2.63. The van der Waals surface area contributed by atoms with Crippen LogP contribution in [0.3, 0.4) is 0 Å². The van der Waals surface area contributed by atoms with Gasteiger partial charge in [-0.2, -0.15) is 11.8 Å². The van der Waals surface area contributed by atoms with Gasteiger partial charge >= 0.3 is 0 Å². The van der Waals surface area contributed by atoms with E-state index in [1.807, 2.05) is 11.8 Å². The molecule has 0 aliphatic heterocycles. The van der Waals surface area contributed by atoms with Crippen molar-refractivity contribution >= 4 is 11.8 Å². The molecule has 5 heteroatoms. The lowest BCUT2D eigenvalue weighted by atomic mass is 10.3. The van der Waals surface area contributed by atoms with Crippen LogP contribution in [-0.2, 0) is 4.74 Å². The van der Waals surface area contributed by atoms with Crippen LogP contribution >= 0.6 is 11.8 Å². The van der Waals surface area contributed by atoms with Crippen molar-refractivity contribution in [2.75, 3.05) is 44.4 Å². The van der Waals surface area contributed by atoms with E-state index in [1.54, 1.807) is 0 Å². The minimum absolute atomic E-state index is 0.272. The number of thioether (sulfide) groups is 1. The highest BCUT2D eigenvalue weighted by molar-refractivity contribution is 7.99. The minimum Gasteiger partial charge on any atom is -0.396 e. The predicted molar refractivity (Wildman–Crippen MR) is 73.6 cm³/mol. The fourth-order valence-corrected chi connectivity index (χ4v) is 2.03. The lowest BCUT2D eigenvalue weighted by molar-refractivity contribution is 0.0362. The average Bonchev–Trinajstić information content (AvgIpc) is 2.33. The van der Waals surface area contributed by atoms with Gasteiger partial charge in [-0.05, 0) is 18.6 Å². The van der Waals surface area contributed by atoms with Gasteiger partial charge in [0, 0.05) is 32.1 Å². The van der Waals surface area contributed by atoms with Gasteiger partial charge in [0.1, 0.15) is 0 Å². The Hall–Kier alpha value is 0.190. The highest BCUT2D eigenvalue weighted by atomic mass is 32.2. The highest BCUT2D eigenvalue weighted by Crippen LogP contribution is 1.99. The second-order valence-corrected chi connectivity index (χ2v) is 5.20. The highest BCUT2D eigenvalue weighted by Gasteiger charge is 2.02. The third-order valence-corrected chi connectivity index (χ3v) is 3.27. The molecule has 0 radical (unpaired) electrons. The molecular weight excluding hydrogens is 238 g/mol. The molecule has 0 bridgehead atoms. The molecule has 0 heterocycles. The Morgan fingerprint density at radius 3 is 2.82 bits per heavy atom. The van der Waals surface area contributed by atoms with Crippen molar-refractivity contribution in [3.63, 3.8) is 0 Å². The van der Waals surface area contributed by atoms with Crippen LogP contribution < -0.4 is 5.32 Å². The number of hydrogen-bond acceptors (Lipinski definition) is 5. The summed E-state index contributed by atoms with van der Waals surface area (Å²) in [7, 11) is 0. The van der Waals surface area contributed by atoms with Crippen molar-refractivity contribution in [2.45, 2.75) is 32.3 Å². The van der Waals surface area contributed by atoms with E-state index in [-0.39, 0.29) is 6.61 Å². The normalized spacial score (nSPS) is 12.9. The summed E-state index contributed by atoms with van der Waals surface area (Å²) in [6.45, 7) is 5.04. The number of hydrogen-bond donors (Lipinski definition) is 3. The number of unbranched alkanes of at least 4 members (excludes halogenated alkanes) is 1. The third kappa shape index (κ3) is 14.1. The molecule has 104 valence electrons. The summed E-state index contributed by atoms with van der Waals surface area (Å²) in [5.74, 6) is 2.02. The maximum absolute atomic E-state index is 9.56. The van der Waals surface area contributed by atoms with Gasteiger partial charge in [0.25, 0.3) is 0 Å². The zero-order valence-electron chi connectivity index (χ0n) is 10.9. The molecule has 0 aliphatic carbocycles. The minimum atomic E-state index is -0.408. The fraction of sp³-hybridized carbons (Fsp3) is 1.00. The van der Waals surface area contributed by atoms with Crippen molar-refractivity contribution in [3.05, 3.63) is 0 Å². The van der Waals surface area contributed by atoms with Gasteiger partial charge in [-0.25, -0.2) is 0 Å². The van der Waals surface area contributed by atoms with E-state index in [0.717, 1.165) is 43.9 Å². The SMILES string of the molecule is CCCCOCC(O)CNCCSCCCO. The smallest absolute Gasteiger partial charge is 0.0897 e. The third-order valence-electron chi connectivity index (χ3n) is 2.20. The van der Waals surface area contributed by atoms with Gasteiger partial charge in [0.2, 0.25) is 0 Å². The maximum Gasteiger partial charge on any atom is 0.0897 e. The Balaban J connectivity index is 3.08. The molecule has 0 amide bonds. The first-order chi connectivity index (χ1) is 8.31. The van der Waals surface area contributed by atoms with Gasteiger partial charge in [-0.1, -0.05) is 13.3 Å². The van der Waals surface area contributed by atoms with E-state index < -0.39 is 6.10 Å². The van der Waals surface area contributed by atoms with Crippen molar-refractivity contribution in [2.24, 2.45) is 0 Å². The Labute approximate surface area is 109 Å².